The van der Waals surface area contributed by atoms with Gasteiger partial charge in [-0.3, -0.25) is 0 Å². The summed E-state index contributed by atoms with van der Waals surface area (Å²) in [7, 11) is -1.89. The van der Waals surface area contributed by atoms with Crippen LogP contribution in [0.3, 0.4) is 0 Å². The quantitative estimate of drug-likeness (QED) is 0.204. The zero-order valence-electron chi connectivity index (χ0n) is 23.0. The molecule has 3 aliphatic heterocycles. The van der Waals surface area contributed by atoms with Crippen LogP contribution in [0.15, 0.2) is 12.7 Å². The topological polar surface area (TPSA) is 55.4 Å². The van der Waals surface area contributed by atoms with Gasteiger partial charge in [-0.05, 0) is 76.4 Å². The predicted molar refractivity (Wildman–Crippen MR) is 137 cm³/mol. The van der Waals surface area contributed by atoms with Gasteiger partial charge in [0.1, 0.15) is 6.10 Å². The van der Waals surface area contributed by atoms with Gasteiger partial charge in [-0.2, -0.15) is 0 Å². The average molecular weight is 499 g/mol. The van der Waals surface area contributed by atoms with E-state index in [2.05, 4.69) is 47.4 Å². The maximum Gasteiger partial charge on any atom is 0.283 e. The van der Waals surface area contributed by atoms with E-state index < -0.39 is 20.1 Å². The molecule has 0 saturated carbocycles. The second-order valence-corrected chi connectivity index (χ2v) is 17.2. The third-order valence-electron chi connectivity index (χ3n) is 8.01. The Hall–Kier alpha value is -0.283. The molecule has 0 aromatic carbocycles. The molecule has 1 spiro atoms. The largest absolute Gasteiger partial charge is 0.414 e. The summed E-state index contributed by atoms with van der Waals surface area (Å²) in [6, 6.07) is 0. The lowest BCUT2D eigenvalue weighted by Gasteiger charge is -2.48. The van der Waals surface area contributed by atoms with Gasteiger partial charge in [0, 0.05) is 12.5 Å². The molecule has 3 aliphatic rings. The van der Waals surface area contributed by atoms with Crippen LogP contribution in [0.4, 0.5) is 0 Å². The maximum absolute atomic E-state index is 6.88. The van der Waals surface area contributed by atoms with E-state index in [9.17, 15) is 0 Å². The first-order valence-corrected chi connectivity index (χ1v) is 16.3. The van der Waals surface area contributed by atoms with Crippen LogP contribution in [0.25, 0.3) is 0 Å². The monoisotopic (exact) mass is 498 g/mol. The lowest BCUT2D eigenvalue weighted by atomic mass is 9.91. The third kappa shape index (κ3) is 7.15. The van der Waals surface area contributed by atoms with Crippen molar-refractivity contribution >= 4 is 8.32 Å². The van der Waals surface area contributed by atoms with E-state index in [1.54, 1.807) is 0 Å². The Morgan fingerprint density at radius 2 is 1.85 bits per heavy atom. The summed E-state index contributed by atoms with van der Waals surface area (Å²) < 4.78 is 38.2. The molecule has 0 amide bonds. The Labute approximate surface area is 209 Å². The number of hydrogen-bond donors (Lipinski definition) is 0. The van der Waals surface area contributed by atoms with E-state index in [1.807, 2.05) is 19.9 Å². The minimum Gasteiger partial charge on any atom is -0.414 e. The summed E-state index contributed by atoms with van der Waals surface area (Å²) in [6.07, 6.45) is 8.57. The molecule has 0 aromatic rings. The highest BCUT2D eigenvalue weighted by Crippen LogP contribution is 2.43. The van der Waals surface area contributed by atoms with E-state index in [1.165, 1.54) is 0 Å². The molecule has 0 bridgehead atoms. The first kappa shape index (κ1) is 28.3. The van der Waals surface area contributed by atoms with Crippen molar-refractivity contribution < 1.29 is 28.1 Å². The fourth-order valence-electron chi connectivity index (χ4n) is 4.92. The average Bonchev–Trinajstić information content (AvgIpc) is 3.09. The number of rotatable bonds is 9. The van der Waals surface area contributed by atoms with Crippen LogP contribution >= 0.6 is 0 Å². The summed E-state index contributed by atoms with van der Waals surface area (Å²) in [5.74, 6) is -1.21. The van der Waals surface area contributed by atoms with Gasteiger partial charge in [0.15, 0.2) is 14.1 Å². The number of unbranched alkanes of at least 4 members (excludes halogenated alkanes) is 1. The standard InChI is InChI=1S/C27H50O6Si/c1-10-11-12-13-22(33-34(8,9)25(3,4)5)18-21-15-17-28-27(30-21)16-14-20(2)24(32-27)23-19-29-26(6,7)31-23/h10,20-24H,1,11-19H2,2-9H3/t20?,21-,22+,23-,24?,27?/m1/s1. The van der Waals surface area contributed by atoms with Gasteiger partial charge < -0.3 is 28.1 Å². The molecule has 0 N–H and O–H groups in total. The van der Waals surface area contributed by atoms with E-state index >= 15 is 0 Å². The lowest BCUT2D eigenvalue weighted by molar-refractivity contribution is -0.449. The molecule has 3 saturated heterocycles. The SMILES string of the molecule is C=CCCC[C@@H](C[C@H]1CCOC2(CCC(C)C([C@H]3COC(C)(C)O3)O2)O1)O[Si](C)(C)C(C)(C)C. The second-order valence-electron chi connectivity index (χ2n) is 12.5. The van der Waals surface area contributed by atoms with Crippen LogP contribution < -0.4 is 0 Å². The molecule has 34 heavy (non-hydrogen) atoms. The molecule has 198 valence electrons. The summed E-state index contributed by atoms with van der Waals surface area (Å²) in [4.78, 5) is 0. The molecule has 3 fully saturated rings. The van der Waals surface area contributed by atoms with Gasteiger partial charge in [-0.15, -0.1) is 6.58 Å². The van der Waals surface area contributed by atoms with E-state index in [-0.39, 0.29) is 29.5 Å². The minimum absolute atomic E-state index is 0.0542. The molecule has 3 unspecified atom stereocenters. The zero-order valence-corrected chi connectivity index (χ0v) is 24.0. The van der Waals surface area contributed by atoms with Crippen molar-refractivity contribution in [3.05, 3.63) is 12.7 Å². The molecular formula is C27H50O6Si. The highest BCUT2D eigenvalue weighted by molar-refractivity contribution is 6.74. The Morgan fingerprint density at radius 3 is 2.47 bits per heavy atom. The van der Waals surface area contributed by atoms with E-state index in [0.717, 1.165) is 44.9 Å². The molecule has 3 heterocycles. The van der Waals surface area contributed by atoms with Crippen molar-refractivity contribution in [1.82, 2.24) is 0 Å². The van der Waals surface area contributed by atoms with Gasteiger partial charge >= 0.3 is 0 Å². The van der Waals surface area contributed by atoms with Crippen LogP contribution in [0, 0.1) is 5.92 Å². The molecule has 0 radical (unpaired) electrons. The predicted octanol–water partition coefficient (Wildman–Crippen LogP) is 6.55. The highest BCUT2D eigenvalue weighted by atomic mass is 28.4. The normalized spacial score (nSPS) is 35.4. The first-order chi connectivity index (χ1) is 15.8. The second kappa shape index (κ2) is 11.0. The van der Waals surface area contributed by atoms with Crippen LogP contribution in [-0.4, -0.2) is 57.7 Å². The van der Waals surface area contributed by atoms with Crippen LogP contribution in [0.2, 0.25) is 18.1 Å². The summed E-state index contributed by atoms with van der Waals surface area (Å²) in [6.45, 7) is 22.8. The number of ether oxygens (including phenoxy) is 5. The van der Waals surface area contributed by atoms with Gasteiger partial charge in [0.2, 0.25) is 0 Å². The zero-order chi connectivity index (χ0) is 25.2. The molecule has 6 atom stereocenters. The summed E-state index contributed by atoms with van der Waals surface area (Å²) in [5, 5.41) is 0.175. The summed E-state index contributed by atoms with van der Waals surface area (Å²) in [5.41, 5.74) is 0. The molecule has 0 aromatic heterocycles. The van der Waals surface area contributed by atoms with Gasteiger partial charge in [0.05, 0.1) is 25.4 Å². The van der Waals surface area contributed by atoms with Crippen molar-refractivity contribution in [2.24, 2.45) is 5.92 Å². The summed E-state index contributed by atoms with van der Waals surface area (Å²) >= 11 is 0. The maximum atomic E-state index is 6.88. The van der Waals surface area contributed by atoms with Gasteiger partial charge in [-0.25, -0.2) is 0 Å². The smallest absolute Gasteiger partial charge is 0.283 e. The van der Waals surface area contributed by atoms with Crippen molar-refractivity contribution in [2.45, 2.75) is 141 Å². The number of allylic oxidation sites excluding steroid dienone is 1. The molecule has 0 aliphatic carbocycles. The Balaban J connectivity index is 1.66. The van der Waals surface area contributed by atoms with Crippen LogP contribution in [-0.2, 0) is 28.1 Å². The Bertz CT molecular complexity index is 675. The minimum atomic E-state index is -1.89. The van der Waals surface area contributed by atoms with Crippen LogP contribution in [0.5, 0.6) is 0 Å². The fourth-order valence-corrected chi connectivity index (χ4v) is 6.32. The highest BCUT2D eigenvalue weighted by Gasteiger charge is 2.51. The lowest BCUT2D eigenvalue weighted by Crippen LogP contribution is -2.56. The first-order valence-electron chi connectivity index (χ1n) is 13.4. The fraction of sp³-hybridized carbons (Fsp3) is 0.926. The molecule has 3 rings (SSSR count). The molecule has 6 nitrogen and oxygen atoms in total. The van der Waals surface area contributed by atoms with Gasteiger partial charge in [-0.1, -0.05) is 33.8 Å². The van der Waals surface area contributed by atoms with Crippen molar-refractivity contribution in [2.75, 3.05) is 13.2 Å². The van der Waals surface area contributed by atoms with Crippen molar-refractivity contribution in [3.63, 3.8) is 0 Å². The number of hydrogen-bond acceptors (Lipinski definition) is 6. The van der Waals surface area contributed by atoms with E-state index in [0.29, 0.717) is 19.1 Å². The van der Waals surface area contributed by atoms with Crippen molar-refractivity contribution in [1.29, 1.82) is 0 Å². The third-order valence-corrected chi connectivity index (χ3v) is 12.5. The van der Waals surface area contributed by atoms with Crippen LogP contribution in [0.1, 0.15) is 86.5 Å². The Kier molecular flexibility index (Phi) is 9.15. The van der Waals surface area contributed by atoms with Gasteiger partial charge in [0.25, 0.3) is 5.97 Å². The molecule has 7 heteroatoms. The van der Waals surface area contributed by atoms with E-state index in [4.69, 9.17) is 28.1 Å². The Morgan fingerprint density at radius 1 is 1.12 bits per heavy atom. The molecular weight excluding hydrogens is 448 g/mol. The van der Waals surface area contributed by atoms with Crippen molar-refractivity contribution in [3.8, 4) is 0 Å².